The van der Waals surface area contributed by atoms with Gasteiger partial charge in [0.2, 0.25) is 0 Å². The molecule has 0 aromatic carbocycles. The Labute approximate surface area is 114 Å². The summed E-state index contributed by atoms with van der Waals surface area (Å²) in [4.78, 5) is 0. The molecule has 0 aliphatic heterocycles. The molecule has 2 aromatic heterocycles. The molecule has 0 saturated carbocycles. The molecule has 0 radical (unpaired) electrons. The van der Waals surface area contributed by atoms with E-state index in [2.05, 4.69) is 24.3 Å². The lowest BCUT2D eigenvalue weighted by Gasteiger charge is -2.16. The van der Waals surface area contributed by atoms with Gasteiger partial charge in [-0.2, -0.15) is 0 Å². The molecule has 0 aliphatic rings. The highest BCUT2D eigenvalue weighted by Gasteiger charge is 2.17. The predicted molar refractivity (Wildman–Crippen MR) is 74.3 cm³/mol. The Balaban J connectivity index is 1.95. The first-order chi connectivity index (χ1) is 8.99. The topological polar surface area (TPSA) is 51.2 Å². The van der Waals surface area contributed by atoms with E-state index in [1.807, 2.05) is 32.9 Å². The maximum atomic E-state index is 5.62. The van der Waals surface area contributed by atoms with E-state index in [1.54, 1.807) is 0 Å². The third kappa shape index (κ3) is 3.07. The van der Waals surface area contributed by atoms with Crippen molar-refractivity contribution < 1.29 is 8.94 Å². The summed E-state index contributed by atoms with van der Waals surface area (Å²) in [6.07, 6.45) is 0. The van der Waals surface area contributed by atoms with Crippen LogP contribution in [-0.2, 0) is 0 Å². The second-order valence-corrected chi connectivity index (χ2v) is 5.22. The van der Waals surface area contributed by atoms with Crippen molar-refractivity contribution in [2.45, 2.75) is 46.6 Å². The molecule has 4 heteroatoms. The summed E-state index contributed by atoms with van der Waals surface area (Å²) in [5.74, 6) is 3.20. The fraction of sp³-hybridized carbons (Fsp3) is 0.533. The highest BCUT2D eigenvalue weighted by molar-refractivity contribution is 5.25. The SMILES string of the molecule is Cc1ccc([C@@H](C)NC[C@@H](C)c2c(C)noc2C)o1. The average molecular weight is 262 g/mol. The second-order valence-electron chi connectivity index (χ2n) is 5.22. The molecule has 0 spiro atoms. The first-order valence-corrected chi connectivity index (χ1v) is 6.71. The number of aromatic nitrogens is 1. The molecule has 2 rings (SSSR count). The van der Waals surface area contributed by atoms with Crippen LogP contribution in [0.15, 0.2) is 21.1 Å². The van der Waals surface area contributed by atoms with E-state index in [0.717, 1.165) is 29.5 Å². The molecule has 2 atom stereocenters. The van der Waals surface area contributed by atoms with Gasteiger partial charge < -0.3 is 14.3 Å². The van der Waals surface area contributed by atoms with Crippen LogP contribution in [0.3, 0.4) is 0 Å². The molecule has 0 aliphatic carbocycles. The molecular weight excluding hydrogens is 240 g/mol. The Kier molecular flexibility index (Phi) is 4.10. The normalized spacial score (nSPS) is 14.6. The van der Waals surface area contributed by atoms with Crippen molar-refractivity contribution in [3.8, 4) is 0 Å². The number of hydrogen-bond donors (Lipinski definition) is 1. The molecule has 0 saturated heterocycles. The van der Waals surface area contributed by atoms with Gasteiger partial charge in [-0.25, -0.2) is 0 Å². The molecule has 0 amide bonds. The lowest BCUT2D eigenvalue weighted by atomic mass is 9.99. The first-order valence-electron chi connectivity index (χ1n) is 6.71. The Hall–Kier alpha value is -1.55. The van der Waals surface area contributed by atoms with Crippen LogP contribution in [0, 0.1) is 20.8 Å². The van der Waals surface area contributed by atoms with Crippen LogP contribution in [0.1, 0.15) is 54.3 Å². The van der Waals surface area contributed by atoms with Crippen molar-refractivity contribution in [1.82, 2.24) is 10.5 Å². The Morgan fingerprint density at radius 2 is 1.95 bits per heavy atom. The third-order valence-electron chi connectivity index (χ3n) is 3.50. The van der Waals surface area contributed by atoms with Gasteiger partial charge >= 0.3 is 0 Å². The Bertz CT molecular complexity index is 523. The fourth-order valence-electron chi connectivity index (χ4n) is 2.44. The van der Waals surface area contributed by atoms with Gasteiger partial charge in [0.1, 0.15) is 17.3 Å². The van der Waals surface area contributed by atoms with Gasteiger partial charge in [-0.1, -0.05) is 12.1 Å². The minimum absolute atomic E-state index is 0.205. The Morgan fingerprint density at radius 1 is 1.21 bits per heavy atom. The van der Waals surface area contributed by atoms with Gasteiger partial charge in [-0.3, -0.25) is 0 Å². The maximum Gasteiger partial charge on any atom is 0.137 e. The summed E-state index contributed by atoms with van der Waals surface area (Å²) in [6.45, 7) is 11.1. The minimum atomic E-state index is 0.205. The van der Waals surface area contributed by atoms with Crippen molar-refractivity contribution >= 4 is 0 Å². The molecule has 19 heavy (non-hydrogen) atoms. The van der Waals surface area contributed by atoms with E-state index in [1.165, 1.54) is 5.56 Å². The lowest BCUT2D eigenvalue weighted by molar-refractivity contribution is 0.389. The zero-order chi connectivity index (χ0) is 14.0. The van der Waals surface area contributed by atoms with Crippen LogP contribution in [0.2, 0.25) is 0 Å². The van der Waals surface area contributed by atoms with Gasteiger partial charge in [-0.05, 0) is 45.7 Å². The first kappa shape index (κ1) is 13.9. The number of furan rings is 1. The number of nitrogens with zero attached hydrogens (tertiary/aromatic N) is 1. The van der Waals surface area contributed by atoms with E-state index in [9.17, 15) is 0 Å². The maximum absolute atomic E-state index is 5.62. The van der Waals surface area contributed by atoms with Crippen LogP contribution in [-0.4, -0.2) is 11.7 Å². The molecule has 0 unspecified atom stereocenters. The van der Waals surface area contributed by atoms with Crippen molar-refractivity contribution in [3.05, 3.63) is 40.7 Å². The molecule has 104 valence electrons. The second kappa shape index (κ2) is 5.61. The zero-order valence-electron chi connectivity index (χ0n) is 12.3. The molecule has 2 heterocycles. The standard InChI is InChI=1S/C15H22N2O2/c1-9(15-12(4)17-19-13(15)5)8-16-11(3)14-7-6-10(2)18-14/h6-7,9,11,16H,8H2,1-5H3/t9-,11-/m1/s1. The molecule has 0 fully saturated rings. The largest absolute Gasteiger partial charge is 0.465 e. The van der Waals surface area contributed by atoms with Gasteiger partial charge in [0, 0.05) is 12.1 Å². The zero-order valence-corrected chi connectivity index (χ0v) is 12.3. The third-order valence-corrected chi connectivity index (χ3v) is 3.50. The monoisotopic (exact) mass is 262 g/mol. The number of aryl methyl sites for hydroxylation is 3. The number of rotatable bonds is 5. The van der Waals surface area contributed by atoms with Crippen molar-refractivity contribution in [2.75, 3.05) is 6.54 Å². The Morgan fingerprint density at radius 3 is 2.47 bits per heavy atom. The number of hydrogen-bond acceptors (Lipinski definition) is 4. The predicted octanol–water partition coefficient (Wildman–Crippen LogP) is 3.65. The minimum Gasteiger partial charge on any atom is -0.465 e. The lowest BCUT2D eigenvalue weighted by Crippen LogP contribution is -2.23. The van der Waals surface area contributed by atoms with Gasteiger partial charge in [0.05, 0.1) is 11.7 Å². The average Bonchev–Trinajstić information content (AvgIpc) is 2.93. The van der Waals surface area contributed by atoms with Crippen LogP contribution < -0.4 is 5.32 Å². The van der Waals surface area contributed by atoms with Crippen LogP contribution >= 0.6 is 0 Å². The summed E-state index contributed by atoms with van der Waals surface area (Å²) < 4.78 is 10.8. The summed E-state index contributed by atoms with van der Waals surface area (Å²) in [7, 11) is 0. The molecule has 1 N–H and O–H groups in total. The van der Waals surface area contributed by atoms with Crippen LogP contribution in [0.4, 0.5) is 0 Å². The molecular formula is C15H22N2O2. The van der Waals surface area contributed by atoms with Crippen LogP contribution in [0.5, 0.6) is 0 Å². The van der Waals surface area contributed by atoms with Gasteiger partial charge in [-0.15, -0.1) is 0 Å². The van der Waals surface area contributed by atoms with Gasteiger partial charge in [0.15, 0.2) is 0 Å². The smallest absolute Gasteiger partial charge is 0.137 e. The van der Waals surface area contributed by atoms with Crippen LogP contribution in [0.25, 0.3) is 0 Å². The summed E-state index contributed by atoms with van der Waals surface area (Å²) >= 11 is 0. The van der Waals surface area contributed by atoms with Crippen molar-refractivity contribution in [2.24, 2.45) is 0 Å². The number of nitrogens with one attached hydrogen (secondary N) is 1. The van der Waals surface area contributed by atoms with Crippen molar-refractivity contribution in [3.63, 3.8) is 0 Å². The van der Waals surface area contributed by atoms with E-state index >= 15 is 0 Å². The molecule has 2 aromatic rings. The highest BCUT2D eigenvalue weighted by Crippen LogP contribution is 2.23. The molecule has 4 nitrogen and oxygen atoms in total. The quantitative estimate of drug-likeness (QED) is 0.893. The van der Waals surface area contributed by atoms with E-state index < -0.39 is 0 Å². The van der Waals surface area contributed by atoms with Crippen molar-refractivity contribution in [1.29, 1.82) is 0 Å². The summed E-state index contributed by atoms with van der Waals surface area (Å²) in [5.41, 5.74) is 2.18. The van der Waals surface area contributed by atoms with E-state index in [-0.39, 0.29) is 6.04 Å². The summed E-state index contributed by atoms with van der Waals surface area (Å²) in [6, 6.07) is 4.22. The van der Waals surface area contributed by atoms with E-state index in [4.69, 9.17) is 8.94 Å². The summed E-state index contributed by atoms with van der Waals surface area (Å²) in [5, 5.41) is 7.50. The van der Waals surface area contributed by atoms with E-state index in [0.29, 0.717) is 5.92 Å². The fourth-order valence-corrected chi connectivity index (χ4v) is 2.44. The molecule has 0 bridgehead atoms. The van der Waals surface area contributed by atoms with Gasteiger partial charge in [0.25, 0.3) is 0 Å². The highest BCUT2D eigenvalue weighted by atomic mass is 16.5.